The average molecular weight is 408 g/mol. The monoisotopic (exact) mass is 407 g/mol. The second-order valence-electron chi connectivity index (χ2n) is 6.98. The van der Waals surface area contributed by atoms with Crippen LogP contribution in [0.5, 0.6) is 0 Å². The number of rotatable bonds is 6. The Morgan fingerprint density at radius 2 is 1.43 bits per heavy atom. The van der Waals surface area contributed by atoms with Crippen molar-refractivity contribution in [3.05, 3.63) is 63.5 Å². The van der Waals surface area contributed by atoms with Crippen molar-refractivity contribution < 1.29 is 22.3 Å². The van der Waals surface area contributed by atoms with E-state index in [0.29, 0.717) is 16.7 Å². The third-order valence-corrected chi connectivity index (χ3v) is 7.08. The number of ether oxygens (including phenoxy) is 1. The van der Waals surface area contributed by atoms with Gasteiger partial charge in [-0.3, -0.25) is 4.79 Å². The van der Waals surface area contributed by atoms with Gasteiger partial charge in [-0.15, -0.1) is 0 Å². The average Bonchev–Trinajstić information content (AvgIpc) is 2.65. The first-order valence-electron chi connectivity index (χ1n) is 8.91. The Kier molecular flexibility index (Phi) is 6.62. The van der Waals surface area contributed by atoms with Crippen LogP contribution in [0.2, 0.25) is 0 Å². The third kappa shape index (κ3) is 4.42. The van der Waals surface area contributed by atoms with Crippen LogP contribution in [0.15, 0.2) is 29.2 Å². The van der Waals surface area contributed by atoms with Crippen molar-refractivity contribution in [2.45, 2.75) is 52.0 Å². The summed E-state index contributed by atoms with van der Waals surface area (Å²) >= 11 is 0. The molecule has 0 saturated heterocycles. The van der Waals surface area contributed by atoms with Gasteiger partial charge >= 0.3 is 5.97 Å². The second kappa shape index (κ2) is 8.41. The zero-order valence-corrected chi connectivity index (χ0v) is 17.8. The predicted molar refractivity (Wildman–Crippen MR) is 106 cm³/mol. The first-order valence-corrected chi connectivity index (χ1v) is 10.4. The van der Waals surface area contributed by atoms with Gasteiger partial charge < -0.3 is 4.74 Å². The van der Waals surface area contributed by atoms with E-state index in [1.807, 2.05) is 20.8 Å². The lowest BCUT2D eigenvalue weighted by atomic mass is 9.95. The number of esters is 1. The fourth-order valence-electron chi connectivity index (χ4n) is 3.29. The van der Waals surface area contributed by atoms with Crippen LogP contribution in [0.25, 0.3) is 0 Å². The molecule has 0 aliphatic carbocycles. The first kappa shape index (κ1) is 22.0. The molecule has 2 rings (SSSR count). The molecule has 7 heteroatoms. The van der Waals surface area contributed by atoms with Crippen LogP contribution in [0.1, 0.15) is 33.4 Å². The summed E-state index contributed by atoms with van der Waals surface area (Å²) in [5, 5.41) is 0. The molecule has 0 heterocycles. The molecule has 0 saturated carbocycles. The molecule has 2 aromatic carbocycles. The molecular formula is C21H26FNO4S. The van der Waals surface area contributed by atoms with E-state index in [1.54, 1.807) is 13.8 Å². The smallest absolute Gasteiger partial charge is 0.324 e. The maximum absolute atomic E-state index is 13.2. The first-order chi connectivity index (χ1) is 13.0. The summed E-state index contributed by atoms with van der Waals surface area (Å²) in [6.07, 6.45) is 0.0497. The van der Waals surface area contributed by atoms with E-state index in [0.717, 1.165) is 16.7 Å². The quantitative estimate of drug-likeness (QED) is 0.745. The van der Waals surface area contributed by atoms with Crippen LogP contribution >= 0.6 is 0 Å². The van der Waals surface area contributed by atoms with Gasteiger partial charge in [0.25, 0.3) is 0 Å². The summed E-state index contributed by atoms with van der Waals surface area (Å²) in [4.78, 5) is 12.4. The molecule has 0 radical (unpaired) electrons. The summed E-state index contributed by atoms with van der Waals surface area (Å²) in [5.41, 5.74) is 4.76. The molecule has 1 atom stereocenters. The Morgan fingerprint density at radius 3 is 1.89 bits per heavy atom. The van der Waals surface area contributed by atoms with E-state index in [9.17, 15) is 17.6 Å². The number of sulfonamides is 1. The van der Waals surface area contributed by atoms with Crippen molar-refractivity contribution in [3.8, 4) is 0 Å². The van der Waals surface area contributed by atoms with E-state index in [2.05, 4.69) is 4.72 Å². The fraction of sp³-hybridized carbons (Fsp3) is 0.381. The molecule has 5 nitrogen and oxygen atoms in total. The van der Waals surface area contributed by atoms with Gasteiger partial charge in [0.2, 0.25) is 10.0 Å². The minimum Gasteiger partial charge on any atom is -0.468 e. The molecule has 0 aliphatic heterocycles. The number of carbonyl (C=O) groups excluding carboxylic acids is 1. The summed E-state index contributed by atoms with van der Waals surface area (Å²) in [7, 11) is -2.79. The molecule has 0 amide bonds. The molecule has 0 spiro atoms. The van der Waals surface area contributed by atoms with Crippen molar-refractivity contribution in [1.82, 2.24) is 4.72 Å². The summed E-state index contributed by atoms with van der Waals surface area (Å²) in [6, 6.07) is 4.42. The van der Waals surface area contributed by atoms with Gasteiger partial charge in [0.05, 0.1) is 12.0 Å². The van der Waals surface area contributed by atoms with Crippen LogP contribution in [0, 0.1) is 40.4 Å². The number of methoxy groups -OCH3 is 1. The van der Waals surface area contributed by atoms with Crippen molar-refractivity contribution in [1.29, 1.82) is 0 Å². The molecule has 2 aromatic rings. The molecular weight excluding hydrogens is 381 g/mol. The van der Waals surface area contributed by atoms with Crippen LogP contribution in [-0.2, 0) is 26.0 Å². The molecule has 28 heavy (non-hydrogen) atoms. The predicted octanol–water partition coefficient (Wildman–Crippen LogP) is 3.43. The second-order valence-corrected chi connectivity index (χ2v) is 8.63. The van der Waals surface area contributed by atoms with E-state index in [1.165, 1.54) is 31.4 Å². The molecule has 0 aromatic heterocycles. The van der Waals surface area contributed by atoms with Crippen molar-refractivity contribution >= 4 is 16.0 Å². The van der Waals surface area contributed by atoms with E-state index in [4.69, 9.17) is 4.74 Å². The number of hydrogen-bond acceptors (Lipinski definition) is 4. The maximum Gasteiger partial charge on any atom is 0.324 e. The number of benzene rings is 2. The lowest BCUT2D eigenvalue weighted by molar-refractivity contribution is -0.142. The van der Waals surface area contributed by atoms with Crippen LogP contribution < -0.4 is 4.72 Å². The molecule has 0 bridgehead atoms. The van der Waals surface area contributed by atoms with Crippen molar-refractivity contribution in [2.24, 2.45) is 0 Å². The minimum absolute atomic E-state index is 0.0497. The molecule has 152 valence electrons. The highest BCUT2D eigenvalue weighted by atomic mass is 32.2. The maximum atomic E-state index is 13.2. The Balaban J connectivity index is 2.46. The highest BCUT2D eigenvalue weighted by Crippen LogP contribution is 2.29. The van der Waals surface area contributed by atoms with Gasteiger partial charge in [-0.2, -0.15) is 4.72 Å². The standard InChI is InChI=1S/C21H26FNO4S/c1-12-13(2)15(4)20(16(5)14(12)3)28(25,26)23-19(21(24)27-6)11-17-7-9-18(22)10-8-17/h7-10,19,23H,11H2,1-6H3. The Labute approximate surface area is 166 Å². The van der Waals surface area contributed by atoms with Gasteiger partial charge in [-0.1, -0.05) is 12.1 Å². The van der Waals surface area contributed by atoms with Gasteiger partial charge in [-0.25, -0.2) is 12.8 Å². The molecule has 0 aliphatic rings. The molecule has 1 unspecified atom stereocenters. The van der Waals surface area contributed by atoms with Gasteiger partial charge in [-0.05, 0) is 86.6 Å². The zero-order valence-electron chi connectivity index (χ0n) is 17.0. The number of hydrogen-bond donors (Lipinski definition) is 1. The largest absolute Gasteiger partial charge is 0.468 e. The Bertz CT molecular complexity index is 969. The van der Waals surface area contributed by atoms with Gasteiger partial charge in [0.15, 0.2) is 0 Å². The van der Waals surface area contributed by atoms with E-state index >= 15 is 0 Å². The number of nitrogens with one attached hydrogen (secondary N) is 1. The minimum atomic E-state index is -3.99. The summed E-state index contributed by atoms with van der Waals surface area (Å²) < 4.78 is 46.8. The lowest BCUT2D eigenvalue weighted by Gasteiger charge is -2.22. The van der Waals surface area contributed by atoms with Gasteiger partial charge in [0.1, 0.15) is 11.9 Å². The van der Waals surface area contributed by atoms with Crippen molar-refractivity contribution in [2.75, 3.05) is 7.11 Å². The Morgan fingerprint density at radius 1 is 0.964 bits per heavy atom. The number of halogens is 1. The van der Waals surface area contributed by atoms with E-state index < -0.39 is 27.9 Å². The topological polar surface area (TPSA) is 72.5 Å². The Hall–Kier alpha value is -2.25. The highest BCUT2D eigenvalue weighted by molar-refractivity contribution is 7.89. The molecule has 0 fully saturated rings. The fourth-order valence-corrected chi connectivity index (χ4v) is 5.07. The van der Waals surface area contributed by atoms with Crippen LogP contribution in [-0.4, -0.2) is 27.5 Å². The molecule has 1 N–H and O–H groups in total. The zero-order chi connectivity index (χ0) is 21.2. The summed E-state index contributed by atoms with van der Waals surface area (Å²) in [6.45, 7) is 9.24. The third-order valence-electron chi connectivity index (χ3n) is 5.34. The number of carbonyl (C=O) groups is 1. The van der Waals surface area contributed by atoms with Crippen LogP contribution in [0.3, 0.4) is 0 Å². The van der Waals surface area contributed by atoms with Gasteiger partial charge in [0, 0.05) is 0 Å². The van der Waals surface area contributed by atoms with Crippen molar-refractivity contribution in [3.63, 3.8) is 0 Å². The highest BCUT2D eigenvalue weighted by Gasteiger charge is 2.30. The SMILES string of the molecule is COC(=O)C(Cc1ccc(F)cc1)NS(=O)(=O)c1c(C)c(C)c(C)c(C)c1C. The normalized spacial score (nSPS) is 12.7. The lowest BCUT2D eigenvalue weighted by Crippen LogP contribution is -2.43. The summed E-state index contributed by atoms with van der Waals surface area (Å²) in [5.74, 6) is -1.11. The van der Waals surface area contributed by atoms with E-state index in [-0.39, 0.29) is 11.3 Å². The van der Waals surface area contributed by atoms with Crippen LogP contribution in [0.4, 0.5) is 4.39 Å².